The van der Waals surface area contributed by atoms with Crippen molar-refractivity contribution >= 4 is 65.3 Å². The summed E-state index contributed by atoms with van der Waals surface area (Å²) < 4.78 is 21.7. The van der Waals surface area contributed by atoms with Crippen LogP contribution >= 0.6 is 0 Å². The van der Waals surface area contributed by atoms with E-state index in [0.29, 0.717) is 0 Å². The van der Waals surface area contributed by atoms with Crippen LogP contribution in [0.5, 0.6) is 0 Å². The molecule has 0 N–H and O–H groups in total. The summed E-state index contributed by atoms with van der Waals surface area (Å²) in [6, 6.07) is 70.8. The normalized spacial score (nSPS) is 11.5. The second kappa shape index (κ2) is 16.3. The van der Waals surface area contributed by atoms with Gasteiger partial charge in [-0.15, -0.1) is 0 Å². The first kappa shape index (κ1) is 37.9. The van der Waals surface area contributed by atoms with Gasteiger partial charge in [0.1, 0.15) is 5.82 Å². The van der Waals surface area contributed by atoms with Crippen LogP contribution in [0.1, 0.15) is 18.4 Å². The van der Waals surface area contributed by atoms with E-state index in [1.807, 2.05) is 18.2 Å². The number of aryl methyl sites for hydroxylation is 1. The Labute approximate surface area is 349 Å². The van der Waals surface area contributed by atoms with Gasteiger partial charge >= 0.3 is 253 Å². The molecule has 0 bridgehead atoms. The van der Waals surface area contributed by atoms with Crippen LogP contribution in [0.4, 0.5) is 21.5 Å². The molecule has 0 spiro atoms. The summed E-state index contributed by atoms with van der Waals surface area (Å²) in [5, 5.41) is 2.28. The van der Waals surface area contributed by atoms with Crippen molar-refractivity contribution < 1.29 is 4.39 Å². The van der Waals surface area contributed by atoms with Gasteiger partial charge in [-0.1, -0.05) is 23.8 Å². The number of halogens is 1. The van der Waals surface area contributed by atoms with Crippen LogP contribution in [0, 0.1) is 12.7 Å². The number of hydrogen-bond donors (Lipinski definition) is 0. The van der Waals surface area contributed by atoms with Crippen LogP contribution < -0.4 is 18.1 Å². The summed E-state index contributed by atoms with van der Waals surface area (Å²) in [7, 11) is 0. The zero-order valence-electron chi connectivity index (χ0n) is 33.2. The average molecular weight is 826 g/mol. The summed E-state index contributed by atoms with van der Waals surface area (Å²) in [5.41, 5.74) is 9.82. The fraction of sp³-hybridized carbons (Fsp3) is 0.0545. The molecule has 9 aromatic rings. The van der Waals surface area contributed by atoms with Gasteiger partial charge in [-0.2, -0.15) is 0 Å². The Morgan fingerprint density at radius 1 is 0.559 bits per heavy atom. The molecular formula is C55H45FGeN2. The minimum absolute atomic E-state index is 0.245. The summed E-state index contributed by atoms with van der Waals surface area (Å²) in [4.78, 5) is 2.33. The molecule has 2 nitrogen and oxygen atoms in total. The van der Waals surface area contributed by atoms with Crippen LogP contribution in [0.3, 0.4) is 0 Å². The standard InChI is InChI=1S/C55H45FGeN2/c1-4-5-14-41(3)57(45-15-8-6-9-16-45,46-17-10-7-11-18-46)47-29-23-42(24-30-47)43-25-33-49(34-26-43)58(48-31-21-40(2)22-32-48)51-37-38-55-53(39-51)52-19-12-13-20-54(52)59(55)50-35-27-44(56)28-36-50/h4,6-13,15-39H,1,3,5,14H2,2H3. The fourth-order valence-corrected chi connectivity index (χ4v) is 18.8. The zero-order chi connectivity index (χ0) is 40.3. The van der Waals surface area contributed by atoms with E-state index >= 15 is 0 Å². The van der Waals surface area contributed by atoms with E-state index in [1.54, 1.807) is 0 Å². The number of para-hydroxylation sites is 1. The summed E-state index contributed by atoms with van der Waals surface area (Å²) >= 11 is -3.35. The average Bonchev–Trinajstić information content (AvgIpc) is 3.62. The molecule has 8 aromatic carbocycles. The van der Waals surface area contributed by atoms with Crippen LogP contribution in [-0.2, 0) is 0 Å². The van der Waals surface area contributed by atoms with Crippen LogP contribution in [0.25, 0.3) is 38.6 Å². The Kier molecular flexibility index (Phi) is 10.5. The second-order valence-electron chi connectivity index (χ2n) is 15.2. The summed E-state index contributed by atoms with van der Waals surface area (Å²) in [6.45, 7) is 11.0. The van der Waals surface area contributed by atoms with Gasteiger partial charge in [0.15, 0.2) is 0 Å². The minimum atomic E-state index is -3.35. The third kappa shape index (κ3) is 7.02. The van der Waals surface area contributed by atoms with E-state index in [-0.39, 0.29) is 5.82 Å². The predicted octanol–water partition coefficient (Wildman–Crippen LogP) is 12.9. The number of hydrogen-bond acceptors (Lipinski definition) is 1. The summed E-state index contributed by atoms with van der Waals surface area (Å²) in [6.07, 6.45) is 3.83. The quantitative estimate of drug-likeness (QED) is 0.0880. The molecule has 0 amide bonds. The second-order valence-corrected chi connectivity index (χ2v) is 23.5. The van der Waals surface area contributed by atoms with E-state index in [4.69, 9.17) is 6.58 Å². The topological polar surface area (TPSA) is 8.17 Å². The molecular weight excluding hydrogens is 780 g/mol. The molecule has 0 saturated heterocycles. The van der Waals surface area contributed by atoms with Crippen molar-refractivity contribution in [2.75, 3.05) is 4.90 Å². The van der Waals surface area contributed by atoms with E-state index in [1.165, 1.54) is 40.9 Å². The van der Waals surface area contributed by atoms with Gasteiger partial charge < -0.3 is 4.57 Å². The third-order valence-electron chi connectivity index (χ3n) is 11.7. The van der Waals surface area contributed by atoms with Crippen molar-refractivity contribution in [3.63, 3.8) is 0 Å². The van der Waals surface area contributed by atoms with Gasteiger partial charge in [0.2, 0.25) is 0 Å². The van der Waals surface area contributed by atoms with Crippen molar-refractivity contribution in [3.05, 3.63) is 235 Å². The van der Waals surface area contributed by atoms with Crippen LogP contribution in [0.15, 0.2) is 224 Å². The molecule has 0 aliphatic heterocycles. The first-order chi connectivity index (χ1) is 28.9. The Balaban J connectivity index is 1.11. The van der Waals surface area contributed by atoms with Gasteiger partial charge in [0, 0.05) is 11.1 Å². The maximum absolute atomic E-state index is 14.0. The van der Waals surface area contributed by atoms with Crippen LogP contribution in [0.2, 0.25) is 0 Å². The van der Waals surface area contributed by atoms with Gasteiger partial charge in [0.05, 0.1) is 11.0 Å². The molecule has 59 heavy (non-hydrogen) atoms. The molecule has 0 radical (unpaired) electrons. The van der Waals surface area contributed by atoms with Crippen molar-refractivity contribution in [3.8, 4) is 16.8 Å². The van der Waals surface area contributed by atoms with Crippen LogP contribution in [-0.4, -0.2) is 17.8 Å². The van der Waals surface area contributed by atoms with E-state index in [9.17, 15) is 4.39 Å². The number of anilines is 3. The fourth-order valence-electron chi connectivity index (χ4n) is 8.78. The number of nitrogens with zero attached hydrogens (tertiary/aromatic N) is 2. The Hall–Kier alpha value is -6.69. The Morgan fingerprint density at radius 2 is 1.07 bits per heavy atom. The molecule has 0 unspecified atom stereocenters. The molecule has 0 atom stereocenters. The Morgan fingerprint density at radius 3 is 1.68 bits per heavy atom. The molecule has 1 aromatic heterocycles. The van der Waals surface area contributed by atoms with Crippen molar-refractivity contribution in [2.24, 2.45) is 0 Å². The van der Waals surface area contributed by atoms with Crippen molar-refractivity contribution in [1.29, 1.82) is 0 Å². The molecule has 9 rings (SSSR count). The summed E-state index contributed by atoms with van der Waals surface area (Å²) in [5.74, 6) is -0.245. The van der Waals surface area contributed by atoms with Gasteiger partial charge in [-0.3, -0.25) is 0 Å². The molecule has 4 heteroatoms. The van der Waals surface area contributed by atoms with Gasteiger partial charge in [-0.05, 0) is 37.3 Å². The van der Waals surface area contributed by atoms with E-state index in [0.717, 1.165) is 63.0 Å². The van der Waals surface area contributed by atoms with E-state index < -0.39 is 13.3 Å². The van der Waals surface area contributed by atoms with Gasteiger partial charge in [-0.25, -0.2) is 4.39 Å². The SMILES string of the molecule is C=CCC[C](=C)[Ge]([c]1ccccc1)([c]1ccccc1)[c]1ccc(-c2ccc(N(c3ccc(C)cc3)c3ccc4c(c3)c3ccccc3n4-c3ccc(F)cc3)cc2)cc1. The van der Waals surface area contributed by atoms with Crippen molar-refractivity contribution in [2.45, 2.75) is 19.8 Å². The van der Waals surface area contributed by atoms with Gasteiger partial charge in [0.25, 0.3) is 0 Å². The monoisotopic (exact) mass is 826 g/mol. The molecule has 286 valence electrons. The zero-order valence-corrected chi connectivity index (χ0v) is 35.3. The maximum atomic E-state index is 14.0. The molecule has 0 saturated carbocycles. The number of benzene rings is 8. The first-order valence-electron chi connectivity index (χ1n) is 20.2. The number of rotatable bonds is 12. The number of allylic oxidation sites excluding steroid dienone is 2. The predicted molar refractivity (Wildman–Crippen MR) is 252 cm³/mol. The molecule has 0 aliphatic rings. The molecule has 0 aliphatic carbocycles. The third-order valence-corrected chi connectivity index (χ3v) is 22.0. The molecule has 0 fully saturated rings. The Bertz CT molecular complexity index is 2860. The number of aromatic nitrogens is 1. The van der Waals surface area contributed by atoms with Crippen molar-refractivity contribution in [1.82, 2.24) is 4.57 Å². The van der Waals surface area contributed by atoms with E-state index in [2.05, 4.69) is 199 Å². The number of fused-ring (bicyclic) bond motifs is 3. The molecule has 1 heterocycles. The first-order valence-corrected chi connectivity index (χ1v) is 24.4.